The Morgan fingerprint density at radius 1 is 1.13 bits per heavy atom. The van der Waals surface area contributed by atoms with E-state index in [4.69, 9.17) is 5.73 Å². The third-order valence-electron chi connectivity index (χ3n) is 6.61. The Kier molecular flexibility index (Phi) is 2.29. The molecule has 0 spiro atoms. The topological polar surface area (TPSA) is 26.0 Å². The first-order valence-electron chi connectivity index (χ1n) is 6.62. The van der Waals surface area contributed by atoms with Gasteiger partial charge in [-0.25, -0.2) is 0 Å². The summed E-state index contributed by atoms with van der Waals surface area (Å²) in [5, 5.41) is 0. The third kappa shape index (κ3) is 0.988. The van der Waals surface area contributed by atoms with E-state index in [1.165, 1.54) is 25.7 Å². The van der Waals surface area contributed by atoms with Crippen molar-refractivity contribution < 1.29 is 0 Å². The molecule has 0 aliphatic heterocycles. The molecule has 0 saturated heterocycles. The molecule has 15 heavy (non-hydrogen) atoms. The van der Waals surface area contributed by atoms with Gasteiger partial charge in [0.2, 0.25) is 0 Å². The zero-order chi connectivity index (χ0) is 11.5. The van der Waals surface area contributed by atoms with E-state index in [0.717, 1.165) is 5.92 Å². The molecule has 0 unspecified atom stereocenters. The van der Waals surface area contributed by atoms with Crippen molar-refractivity contribution in [1.29, 1.82) is 0 Å². The maximum absolute atomic E-state index is 6.63. The van der Waals surface area contributed by atoms with Crippen LogP contribution in [0.5, 0.6) is 0 Å². The molecule has 2 N–H and O–H groups in total. The molecule has 0 radical (unpaired) electrons. The summed E-state index contributed by atoms with van der Waals surface area (Å²) in [6, 6.07) is 0.411. The smallest absolute Gasteiger partial charge is 0.0158 e. The minimum Gasteiger partial charge on any atom is -0.327 e. The summed E-state index contributed by atoms with van der Waals surface area (Å²) in [6.45, 7) is 12.0. The van der Waals surface area contributed by atoms with E-state index in [0.29, 0.717) is 22.3 Å². The Morgan fingerprint density at radius 3 is 1.93 bits per heavy atom. The van der Waals surface area contributed by atoms with Crippen LogP contribution in [0.4, 0.5) is 0 Å². The number of hydrogen-bond acceptors (Lipinski definition) is 1. The van der Waals surface area contributed by atoms with Crippen molar-refractivity contribution >= 4 is 0 Å². The van der Waals surface area contributed by atoms with Gasteiger partial charge >= 0.3 is 0 Å². The Morgan fingerprint density at radius 2 is 1.67 bits per heavy atom. The van der Waals surface area contributed by atoms with Crippen LogP contribution in [0.1, 0.15) is 60.3 Å². The highest BCUT2D eigenvalue weighted by atomic mass is 14.9. The lowest BCUT2D eigenvalue weighted by atomic mass is 9.64. The molecule has 1 heteroatoms. The Hall–Kier alpha value is -0.0400. The van der Waals surface area contributed by atoms with Crippen molar-refractivity contribution in [1.82, 2.24) is 0 Å². The highest BCUT2D eigenvalue weighted by molar-refractivity contribution is 5.21. The zero-order valence-corrected chi connectivity index (χ0v) is 11.1. The highest BCUT2D eigenvalue weighted by Gasteiger charge is 2.69. The number of nitrogens with two attached hydrogens (primary N) is 1. The lowest BCUT2D eigenvalue weighted by Gasteiger charge is -2.44. The first-order chi connectivity index (χ1) is 6.87. The second-order valence-electron chi connectivity index (χ2n) is 6.65. The molecule has 2 bridgehead atoms. The number of rotatable bonds is 2. The Bertz CT molecular complexity index is 265. The van der Waals surface area contributed by atoms with Gasteiger partial charge in [0, 0.05) is 6.04 Å². The second-order valence-corrected chi connectivity index (χ2v) is 6.65. The van der Waals surface area contributed by atoms with Crippen LogP contribution in [0.3, 0.4) is 0 Å². The van der Waals surface area contributed by atoms with Crippen molar-refractivity contribution in [3.05, 3.63) is 0 Å². The van der Waals surface area contributed by atoms with Crippen molar-refractivity contribution in [3.63, 3.8) is 0 Å². The van der Waals surface area contributed by atoms with Gasteiger partial charge in [0.25, 0.3) is 0 Å². The Labute approximate surface area is 94.8 Å². The number of hydrogen-bond donors (Lipinski definition) is 1. The van der Waals surface area contributed by atoms with Crippen LogP contribution in [0, 0.1) is 22.2 Å². The first kappa shape index (κ1) is 11.4. The fraction of sp³-hybridized carbons (Fsp3) is 1.00. The fourth-order valence-electron chi connectivity index (χ4n) is 5.12. The van der Waals surface area contributed by atoms with Crippen LogP contribution in [0.25, 0.3) is 0 Å². The molecule has 2 rings (SSSR count). The van der Waals surface area contributed by atoms with Gasteiger partial charge in [-0.15, -0.1) is 0 Å². The van der Waals surface area contributed by atoms with Crippen LogP contribution in [0.15, 0.2) is 0 Å². The predicted octanol–water partition coefficient (Wildman–Crippen LogP) is 3.58. The molecule has 0 aromatic rings. The molecule has 0 aromatic heterocycles. The summed E-state index contributed by atoms with van der Waals surface area (Å²) in [4.78, 5) is 0. The summed E-state index contributed by atoms with van der Waals surface area (Å²) < 4.78 is 0. The third-order valence-corrected chi connectivity index (χ3v) is 6.61. The van der Waals surface area contributed by atoms with Crippen molar-refractivity contribution in [2.24, 2.45) is 27.9 Å². The maximum atomic E-state index is 6.63. The molecule has 3 atom stereocenters. The van der Waals surface area contributed by atoms with Crippen LogP contribution < -0.4 is 5.73 Å². The van der Waals surface area contributed by atoms with E-state index in [2.05, 4.69) is 34.6 Å². The zero-order valence-electron chi connectivity index (χ0n) is 11.1. The van der Waals surface area contributed by atoms with Gasteiger partial charge in [0.05, 0.1) is 0 Å². The molecule has 2 aliphatic rings. The summed E-state index contributed by atoms with van der Waals surface area (Å²) in [7, 11) is 0. The molecular weight excluding hydrogens is 182 g/mol. The SMILES string of the molecule is CCC1(CC)[C@H]2CC[C@@](C)([C@H]1N)C2(C)C. The summed E-state index contributed by atoms with van der Waals surface area (Å²) in [5.41, 5.74) is 7.88. The average Bonchev–Trinajstić information content (AvgIpc) is 2.50. The largest absolute Gasteiger partial charge is 0.327 e. The standard InChI is InChI=1S/C14H27N/c1-6-14(7-2)10-8-9-13(5,11(14)15)12(10,3)4/h10-11H,6-9,15H2,1-5H3/t10-,11+,13-/m0/s1. The van der Waals surface area contributed by atoms with Gasteiger partial charge < -0.3 is 5.73 Å². The van der Waals surface area contributed by atoms with E-state index in [1.54, 1.807) is 0 Å². The molecule has 1 nitrogen and oxygen atoms in total. The molecular formula is C14H27N. The minimum atomic E-state index is 0.379. The molecule has 0 amide bonds. The van der Waals surface area contributed by atoms with Crippen LogP contribution in [-0.4, -0.2) is 6.04 Å². The van der Waals surface area contributed by atoms with E-state index in [9.17, 15) is 0 Å². The van der Waals surface area contributed by atoms with Gasteiger partial charge in [0.1, 0.15) is 0 Å². The Balaban J connectivity index is 2.50. The van der Waals surface area contributed by atoms with Crippen molar-refractivity contribution in [2.75, 3.05) is 0 Å². The van der Waals surface area contributed by atoms with Crippen LogP contribution >= 0.6 is 0 Å². The molecule has 0 aromatic carbocycles. The molecule has 88 valence electrons. The van der Waals surface area contributed by atoms with E-state index < -0.39 is 0 Å². The van der Waals surface area contributed by atoms with Crippen molar-refractivity contribution in [2.45, 2.75) is 66.3 Å². The molecule has 2 aliphatic carbocycles. The van der Waals surface area contributed by atoms with Crippen LogP contribution in [-0.2, 0) is 0 Å². The minimum absolute atomic E-state index is 0.379. The van der Waals surface area contributed by atoms with Gasteiger partial charge in [-0.2, -0.15) is 0 Å². The quantitative estimate of drug-likeness (QED) is 0.739. The van der Waals surface area contributed by atoms with Gasteiger partial charge in [-0.3, -0.25) is 0 Å². The molecule has 2 saturated carbocycles. The lowest BCUT2D eigenvalue weighted by molar-refractivity contribution is 0.0902. The second kappa shape index (κ2) is 3.00. The van der Waals surface area contributed by atoms with Crippen LogP contribution in [0.2, 0.25) is 0 Å². The van der Waals surface area contributed by atoms with Crippen molar-refractivity contribution in [3.8, 4) is 0 Å². The molecule has 0 heterocycles. The first-order valence-corrected chi connectivity index (χ1v) is 6.62. The van der Waals surface area contributed by atoms with E-state index in [1.807, 2.05) is 0 Å². The monoisotopic (exact) mass is 209 g/mol. The average molecular weight is 209 g/mol. The maximum Gasteiger partial charge on any atom is 0.0158 e. The van der Waals surface area contributed by atoms with Gasteiger partial charge in [0.15, 0.2) is 0 Å². The van der Waals surface area contributed by atoms with E-state index in [-0.39, 0.29) is 0 Å². The summed E-state index contributed by atoms with van der Waals surface area (Å²) in [6.07, 6.45) is 5.26. The van der Waals surface area contributed by atoms with Gasteiger partial charge in [-0.1, -0.05) is 34.6 Å². The number of fused-ring (bicyclic) bond motifs is 2. The normalized spacial score (nSPS) is 46.0. The fourth-order valence-corrected chi connectivity index (χ4v) is 5.12. The predicted molar refractivity (Wildman–Crippen MR) is 65.6 cm³/mol. The lowest BCUT2D eigenvalue weighted by Crippen LogP contribution is -2.50. The van der Waals surface area contributed by atoms with E-state index >= 15 is 0 Å². The molecule has 2 fully saturated rings. The summed E-state index contributed by atoms with van der Waals surface area (Å²) in [5.74, 6) is 0.847. The van der Waals surface area contributed by atoms with Gasteiger partial charge in [-0.05, 0) is 47.8 Å². The highest BCUT2D eigenvalue weighted by Crippen LogP contribution is 2.73. The summed E-state index contributed by atoms with van der Waals surface area (Å²) >= 11 is 0.